The lowest BCUT2D eigenvalue weighted by molar-refractivity contribution is -0.143. The Morgan fingerprint density at radius 2 is 1.24 bits per heavy atom. The van der Waals surface area contributed by atoms with Crippen molar-refractivity contribution in [3.8, 4) is 0 Å². The molecule has 0 rings (SSSR count). The third-order valence-corrected chi connectivity index (χ3v) is 3.84. The molecule has 0 fully saturated rings. The predicted octanol–water partition coefficient (Wildman–Crippen LogP) is 6.20. The maximum absolute atomic E-state index is 11.1. The molecule has 0 unspecified atom stereocenters. The molecule has 0 saturated carbocycles. The van der Waals surface area contributed by atoms with Crippen LogP contribution in [0.15, 0.2) is 12.7 Å². The van der Waals surface area contributed by atoms with E-state index in [4.69, 9.17) is 4.74 Å². The summed E-state index contributed by atoms with van der Waals surface area (Å²) in [5.41, 5.74) is 0. The van der Waals surface area contributed by atoms with Crippen molar-refractivity contribution in [3.63, 3.8) is 0 Å². The molecule has 2 nitrogen and oxygen atoms in total. The molecule has 0 amide bonds. The summed E-state index contributed by atoms with van der Waals surface area (Å²) < 4.78 is 4.91. The molecule has 0 atom stereocenters. The Kier molecular flexibility index (Phi) is 16.6. The molecular formula is C19H36O2. The van der Waals surface area contributed by atoms with Crippen molar-refractivity contribution >= 4 is 5.97 Å². The van der Waals surface area contributed by atoms with E-state index in [0.717, 1.165) is 6.42 Å². The number of carbonyl (C=O) groups is 1. The van der Waals surface area contributed by atoms with Crippen LogP contribution in [0, 0.1) is 0 Å². The van der Waals surface area contributed by atoms with Crippen molar-refractivity contribution < 1.29 is 9.53 Å². The summed E-state index contributed by atoms with van der Waals surface area (Å²) >= 11 is 0. The minimum atomic E-state index is -0.0365. The molecule has 124 valence electrons. The zero-order valence-electron chi connectivity index (χ0n) is 14.2. The lowest BCUT2D eigenvalue weighted by Gasteiger charge is -2.03. The first-order valence-corrected chi connectivity index (χ1v) is 9.07. The van der Waals surface area contributed by atoms with Gasteiger partial charge in [-0.15, -0.1) is 6.58 Å². The first-order chi connectivity index (χ1) is 10.3. The monoisotopic (exact) mass is 296 g/mol. The Morgan fingerprint density at radius 3 is 1.67 bits per heavy atom. The standard InChI is InChI=1S/C19H36O2/c1-3-5-6-7-8-9-10-11-12-13-14-15-16-17-18-19(20)21-4-2/h3H,1,4-18H2,2H3. The Balaban J connectivity index is 3.02. The second kappa shape index (κ2) is 17.3. The summed E-state index contributed by atoms with van der Waals surface area (Å²) in [4.78, 5) is 11.1. The molecule has 0 heterocycles. The Morgan fingerprint density at radius 1 is 0.810 bits per heavy atom. The highest BCUT2D eigenvalue weighted by molar-refractivity contribution is 5.69. The van der Waals surface area contributed by atoms with Crippen LogP contribution in [-0.4, -0.2) is 12.6 Å². The molecule has 0 aromatic carbocycles. The summed E-state index contributed by atoms with van der Waals surface area (Å²) in [7, 11) is 0. The lowest BCUT2D eigenvalue weighted by atomic mass is 10.0. The van der Waals surface area contributed by atoms with E-state index < -0.39 is 0 Å². The molecular weight excluding hydrogens is 260 g/mol. The zero-order valence-corrected chi connectivity index (χ0v) is 14.2. The maximum Gasteiger partial charge on any atom is 0.305 e. The van der Waals surface area contributed by atoms with E-state index in [0.29, 0.717) is 13.0 Å². The van der Waals surface area contributed by atoms with E-state index >= 15 is 0 Å². The lowest BCUT2D eigenvalue weighted by Crippen LogP contribution is -2.03. The summed E-state index contributed by atoms with van der Waals surface area (Å²) in [5.74, 6) is -0.0365. The van der Waals surface area contributed by atoms with Crippen LogP contribution in [0.5, 0.6) is 0 Å². The number of allylic oxidation sites excluding steroid dienone is 1. The number of unbranched alkanes of at least 4 members (excludes halogenated alkanes) is 12. The van der Waals surface area contributed by atoms with E-state index in [-0.39, 0.29) is 5.97 Å². The van der Waals surface area contributed by atoms with Crippen molar-refractivity contribution in [2.45, 2.75) is 96.8 Å². The number of rotatable bonds is 16. The van der Waals surface area contributed by atoms with Crippen LogP contribution in [0.1, 0.15) is 96.8 Å². The molecule has 0 aliphatic rings. The Bertz CT molecular complexity index is 236. The number of carbonyl (C=O) groups excluding carboxylic acids is 1. The van der Waals surface area contributed by atoms with Gasteiger partial charge in [-0.2, -0.15) is 0 Å². The minimum absolute atomic E-state index is 0.0365. The molecule has 0 radical (unpaired) electrons. The zero-order chi connectivity index (χ0) is 15.6. The fourth-order valence-electron chi connectivity index (χ4n) is 2.56. The smallest absolute Gasteiger partial charge is 0.305 e. The largest absolute Gasteiger partial charge is 0.466 e. The number of hydrogen-bond acceptors (Lipinski definition) is 2. The average Bonchev–Trinajstić information content (AvgIpc) is 2.48. The summed E-state index contributed by atoms with van der Waals surface area (Å²) in [6.45, 7) is 6.12. The van der Waals surface area contributed by atoms with Crippen LogP contribution in [0.3, 0.4) is 0 Å². The van der Waals surface area contributed by atoms with Gasteiger partial charge < -0.3 is 4.74 Å². The third kappa shape index (κ3) is 17.2. The molecule has 0 saturated heterocycles. The van der Waals surface area contributed by atoms with Crippen LogP contribution in [0.25, 0.3) is 0 Å². The van der Waals surface area contributed by atoms with Gasteiger partial charge in [0.05, 0.1) is 6.61 Å². The highest BCUT2D eigenvalue weighted by Crippen LogP contribution is 2.13. The number of esters is 1. The second-order valence-corrected chi connectivity index (χ2v) is 5.88. The van der Waals surface area contributed by atoms with Gasteiger partial charge in [0.25, 0.3) is 0 Å². The Labute approximate surface area is 132 Å². The van der Waals surface area contributed by atoms with Crippen LogP contribution < -0.4 is 0 Å². The van der Waals surface area contributed by atoms with Crippen molar-refractivity contribution in [1.82, 2.24) is 0 Å². The van der Waals surface area contributed by atoms with Crippen molar-refractivity contribution in [3.05, 3.63) is 12.7 Å². The van der Waals surface area contributed by atoms with Crippen molar-refractivity contribution in [1.29, 1.82) is 0 Å². The molecule has 0 N–H and O–H groups in total. The average molecular weight is 296 g/mol. The van der Waals surface area contributed by atoms with Gasteiger partial charge in [0.2, 0.25) is 0 Å². The van der Waals surface area contributed by atoms with Gasteiger partial charge in [-0.25, -0.2) is 0 Å². The van der Waals surface area contributed by atoms with E-state index in [1.54, 1.807) is 0 Å². The van der Waals surface area contributed by atoms with Gasteiger partial charge in [-0.05, 0) is 26.2 Å². The molecule has 0 bridgehead atoms. The Hall–Kier alpha value is -0.790. The van der Waals surface area contributed by atoms with E-state index in [2.05, 4.69) is 6.58 Å². The fourth-order valence-corrected chi connectivity index (χ4v) is 2.56. The fraction of sp³-hybridized carbons (Fsp3) is 0.842. The van der Waals surface area contributed by atoms with E-state index in [9.17, 15) is 4.79 Å². The molecule has 0 spiro atoms. The number of ether oxygens (including phenoxy) is 1. The van der Waals surface area contributed by atoms with Crippen LogP contribution in [0.2, 0.25) is 0 Å². The van der Waals surface area contributed by atoms with Gasteiger partial charge >= 0.3 is 5.97 Å². The second-order valence-electron chi connectivity index (χ2n) is 5.88. The van der Waals surface area contributed by atoms with Crippen LogP contribution in [0.4, 0.5) is 0 Å². The highest BCUT2D eigenvalue weighted by Gasteiger charge is 2.00. The van der Waals surface area contributed by atoms with Gasteiger partial charge in [-0.1, -0.05) is 70.3 Å². The minimum Gasteiger partial charge on any atom is -0.466 e. The third-order valence-electron chi connectivity index (χ3n) is 3.84. The highest BCUT2D eigenvalue weighted by atomic mass is 16.5. The molecule has 0 aliphatic carbocycles. The first-order valence-electron chi connectivity index (χ1n) is 9.07. The van der Waals surface area contributed by atoms with Crippen molar-refractivity contribution in [2.75, 3.05) is 6.61 Å². The molecule has 2 heteroatoms. The molecule has 0 aromatic heterocycles. The van der Waals surface area contributed by atoms with Gasteiger partial charge in [-0.3, -0.25) is 4.79 Å². The van der Waals surface area contributed by atoms with Crippen LogP contribution in [-0.2, 0) is 9.53 Å². The quantitative estimate of drug-likeness (QED) is 0.193. The summed E-state index contributed by atoms with van der Waals surface area (Å²) in [6.07, 6.45) is 19.5. The maximum atomic E-state index is 11.1. The van der Waals surface area contributed by atoms with Gasteiger partial charge in [0.1, 0.15) is 0 Å². The predicted molar refractivity (Wildman–Crippen MR) is 91.5 cm³/mol. The summed E-state index contributed by atoms with van der Waals surface area (Å²) in [5, 5.41) is 0. The first kappa shape index (κ1) is 20.2. The molecule has 0 aromatic rings. The van der Waals surface area contributed by atoms with E-state index in [1.807, 2.05) is 13.0 Å². The number of hydrogen-bond donors (Lipinski definition) is 0. The van der Waals surface area contributed by atoms with Gasteiger partial charge in [0.15, 0.2) is 0 Å². The molecule has 21 heavy (non-hydrogen) atoms. The van der Waals surface area contributed by atoms with E-state index in [1.165, 1.54) is 77.0 Å². The van der Waals surface area contributed by atoms with Gasteiger partial charge in [0, 0.05) is 6.42 Å². The summed E-state index contributed by atoms with van der Waals surface area (Å²) in [6, 6.07) is 0. The topological polar surface area (TPSA) is 26.3 Å². The van der Waals surface area contributed by atoms with Crippen LogP contribution >= 0.6 is 0 Å². The van der Waals surface area contributed by atoms with Crippen molar-refractivity contribution in [2.24, 2.45) is 0 Å². The normalized spacial score (nSPS) is 10.5. The molecule has 0 aliphatic heterocycles. The SMILES string of the molecule is C=CCCCCCCCCCCCCCCC(=O)OCC.